The molecule has 0 saturated carbocycles. The van der Waals surface area contributed by atoms with Gasteiger partial charge in [-0.05, 0) is 25.1 Å². The molecule has 0 saturated heterocycles. The molecule has 2 aromatic rings. The first-order valence-corrected chi connectivity index (χ1v) is 6.93. The van der Waals surface area contributed by atoms with Gasteiger partial charge in [-0.1, -0.05) is 29.8 Å². The first-order valence-electron chi connectivity index (χ1n) is 6.93. The lowest BCUT2D eigenvalue weighted by molar-refractivity contribution is 0.210. The summed E-state index contributed by atoms with van der Waals surface area (Å²) in [4.78, 5) is 0. The molecule has 0 unspecified atom stereocenters. The highest BCUT2D eigenvalue weighted by Crippen LogP contribution is 2.30. The summed E-state index contributed by atoms with van der Waals surface area (Å²) >= 11 is 0. The van der Waals surface area contributed by atoms with Crippen molar-refractivity contribution in [2.24, 2.45) is 5.73 Å². The van der Waals surface area contributed by atoms with E-state index >= 15 is 0 Å². The predicted molar refractivity (Wildman–Crippen MR) is 83.1 cm³/mol. The van der Waals surface area contributed by atoms with Crippen LogP contribution in [0.25, 0.3) is 0 Å². The van der Waals surface area contributed by atoms with E-state index in [9.17, 15) is 0 Å². The van der Waals surface area contributed by atoms with Crippen LogP contribution in [-0.2, 0) is 6.54 Å². The van der Waals surface area contributed by atoms with Crippen LogP contribution in [0.1, 0.15) is 11.1 Å². The van der Waals surface area contributed by atoms with Gasteiger partial charge < -0.3 is 19.9 Å². The molecule has 0 amide bonds. The van der Waals surface area contributed by atoms with E-state index in [1.807, 2.05) is 49.4 Å². The van der Waals surface area contributed by atoms with Gasteiger partial charge in [-0.3, -0.25) is 0 Å². The number of benzene rings is 2. The maximum absolute atomic E-state index is 5.77. The van der Waals surface area contributed by atoms with Gasteiger partial charge in [0.15, 0.2) is 11.5 Å². The van der Waals surface area contributed by atoms with Crippen LogP contribution in [-0.4, -0.2) is 20.3 Å². The smallest absolute Gasteiger partial charge is 0.165 e. The summed E-state index contributed by atoms with van der Waals surface area (Å²) in [6, 6.07) is 13.6. The molecule has 2 N–H and O–H groups in total. The highest BCUT2D eigenvalue weighted by Gasteiger charge is 2.09. The number of hydrogen-bond donors (Lipinski definition) is 1. The van der Waals surface area contributed by atoms with Crippen molar-refractivity contribution in [1.29, 1.82) is 0 Å². The zero-order valence-corrected chi connectivity index (χ0v) is 12.5. The molecule has 0 spiro atoms. The van der Waals surface area contributed by atoms with Crippen LogP contribution in [0.3, 0.4) is 0 Å². The summed E-state index contributed by atoms with van der Waals surface area (Å²) in [5.41, 5.74) is 7.85. The van der Waals surface area contributed by atoms with Crippen molar-refractivity contribution >= 4 is 0 Å². The molecule has 0 aliphatic heterocycles. The van der Waals surface area contributed by atoms with Gasteiger partial charge in [-0.2, -0.15) is 0 Å². The second-order valence-electron chi connectivity index (χ2n) is 4.66. The van der Waals surface area contributed by atoms with E-state index in [4.69, 9.17) is 19.9 Å². The zero-order valence-electron chi connectivity index (χ0n) is 12.5. The summed E-state index contributed by atoms with van der Waals surface area (Å²) < 4.78 is 16.7. The Balaban J connectivity index is 1.90. The molecule has 0 heterocycles. The van der Waals surface area contributed by atoms with E-state index in [-0.39, 0.29) is 0 Å². The summed E-state index contributed by atoms with van der Waals surface area (Å²) in [6.07, 6.45) is 0. The maximum atomic E-state index is 5.77. The minimum atomic E-state index is 0.408. The monoisotopic (exact) mass is 287 g/mol. The molecule has 0 bridgehead atoms. The Morgan fingerprint density at radius 1 is 0.952 bits per heavy atom. The van der Waals surface area contributed by atoms with E-state index in [2.05, 4.69) is 0 Å². The molecule has 0 fully saturated rings. The third-order valence-electron chi connectivity index (χ3n) is 3.12. The quantitative estimate of drug-likeness (QED) is 0.796. The number of aryl methyl sites for hydroxylation is 1. The van der Waals surface area contributed by atoms with Crippen molar-refractivity contribution in [2.75, 3.05) is 20.3 Å². The van der Waals surface area contributed by atoms with Crippen LogP contribution < -0.4 is 19.9 Å². The highest BCUT2D eigenvalue weighted by atomic mass is 16.5. The van der Waals surface area contributed by atoms with Crippen molar-refractivity contribution in [1.82, 2.24) is 0 Å². The fraction of sp³-hybridized carbons (Fsp3) is 0.294. The fourth-order valence-corrected chi connectivity index (χ4v) is 1.98. The third kappa shape index (κ3) is 4.13. The minimum Gasteiger partial charge on any atom is -0.493 e. The Hall–Kier alpha value is -2.20. The lowest BCUT2D eigenvalue weighted by Crippen LogP contribution is -2.11. The SMILES string of the molecule is COc1cccc(CN)c1OCCOc1ccc(C)cc1. The molecule has 4 heteroatoms. The van der Waals surface area contributed by atoms with Crippen LogP contribution in [0.15, 0.2) is 42.5 Å². The van der Waals surface area contributed by atoms with Crippen molar-refractivity contribution in [2.45, 2.75) is 13.5 Å². The molecule has 0 aliphatic rings. The Morgan fingerprint density at radius 2 is 1.67 bits per heavy atom. The number of rotatable bonds is 7. The van der Waals surface area contributed by atoms with Crippen molar-refractivity contribution in [3.63, 3.8) is 0 Å². The van der Waals surface area contributed by atoms with Gasteiger partial charge in [0.25, 0.3) is 0 Å². The second kappa shape index (κ2) is 7.55. The van der Waals surface area contributed by atoms with Crippen molar-refractivity contribution in [3.05, 3.63) is 53.6 Å². The molecule has 0 radical (unpaired) electrons. The Labute approximate surface area is 125 Å². The van der Waals surface area contributed by atoms with Gasteiger partial charge in [-0.25, -0.2) is 0 Å². The summed E-state index contributed by atoms with van der Waals surface area (Å²) in [5, 5.41) is 0. The zero-order chi connectivity index (χ0) is 15.1. The van der Waals surface area contributed by atoms with Gasteiger partial charge in [-0.15, -0.1) is 0 Å². The number of ether oxygens (including phenoxy) is 3. The van der Waals surface area contributed by atoms with Gasteiger partial charge in [0.2, 0.25) is 0 Å². The summed E-state index contributed by atoms with van der Waals surface area (Å²) in [7, 11) is 1.62. The van der Waals surface area contributed by atoms with E-state index < -0.39 is 0 Å². The second-order valence-corrected chi connectivity index (χ2v) is 4.66. The average Bonchev–Trinajstić information content (AvgIpc) is 2.53. The minimum absolute atomic E-state index is 0.408. The van der Waals surface area contributed by atoms with E-state index in [0.717, 1.165) is 11.3 Å². The number of nitrogens with two attached hydrogens (primary N) is 1. The van der Waals surface area contributed by atoms with Crippen molar-refractivity contribution < 1.29 is 14.2 Å². The molecule has 0 aromatic heterocycles. The first-order chi connectivity index (χ1) is 10.2. The standard InChI is InChI=1S/C17H21NO3/c1-13-6-8-15(9-7-13)20-10-11-21-17-14(12-18)4-3-5-16(17)19-2/h3-9H,10-12,18H2,1-2H3. The van der Waals surface area contributed by atoms with Crippen LogP contribution in [0.5, 0.6) is 17.2 Å². The molecule has 0 atom stereocenters. The van der Waals surface area contributed by atoms with Crippen molar-refractivity contribution in [3.8, 4) is 17.2 Å². The van der Waals surface area contributed by atoms with Crippen LogP contribution in [0, 0.1) is 6.92 Å². The molecule has 112 valence electrons. The lowest BCUT2D eigenvalue weighted by atomic mass is 10.2. The average molecular weight is 287 g/mol. The van der Waals surface area contributed by atoms with Gasteiger partial charge >= 0.3 is 0 Å². The molecular weight excluding hydrogens is 266 g/mol. The van der Waals surface area contributed by atoms with E-state index in [0.29, 0.717) is 31.3 Å². The molecule has 4 nitrogen and oxygen atoms in total. The van der Waals surface area contributed by atoms with Gasteiger partial charge in [0.1, 0.15) is 19.0 Å². The largest absolute Gasteiger partial charge is 0.493 e. The molecular formula is C17H21NO3. The number of hydrogen-bond acceptors (Lipinski definition) is 4. The number of para-hydroxylation sites is 1. The molecule has 2 aromatic carbocycles. The lowest BCUT2D eigenvalue weighted by Gasteiger charge is -2.14. The van der Waals surface area contributed by atoms with Gasteiger partial charge in [0, 0.05) is 12.1 Å². The fourth-order valence-electron chi connectivity index (χ4n) is 1.98. The van der Waals surface area contributed by atoms with Crippen LogP contribution in [0.2, 0.25) is 0 Å². The normalized spacial score (nSPS) is 10.2. The third-order valence-corrected chi connectivity index (χ3v) is 3.12. The predicted octanol–water partition coefficient (Wildman–Crippen LogP) is 2.92. The van der Waals surface area contributed by atoms with Crippen LogP contribution in [0.4, 0.5) is 0 Å². The van der Waals surface area contributed by atoms with E-state index in [1.54, 1.807) is 7.11 Å². The summed E-state index contributed by atoms with van der Waals surface area (Å²) in [5.74, 6) is 2.21. The Kier molecular flexibility index (Phi) is 5.46. The summed E-state index contributed by atoms with van der Waals surface area (Å²) in [6.45, 7) is 3.35. The molecule has 2 rings (SSSR count). The highest BCUT2D eigenvalue weighted by molar-refractivity contribution is 5.46. The molecule has 0 aliphatic carbocycles. The van der Waals surface area contributed by atoms with E-state index in [1.165, 1.54) is 5.56 Å². The van der Waals surface area contributed by atoms with Gasteiger partial charge in [0.05, 0.1) is 7.11 Å². The topological polar surface area (TPSA) is 53.7 Å². The Morgan fingerprint density at radius 3 is 2.33 bits per heavy atom. The first kappa shape index (κ1) is 15.2. The molecule has 21 heavy (non-hydrogen) atoms. The van der Waals surface area contributed by atoms with Crippen LogP contribution >= 0.6 is 0 Å². The Bertz CT molecular complexity index is 544. The maximum Gasteiger partial charge on any atom is 0.165 e. The number of methoxy groups -OCH3 is 1.